The molecule has 8 heteroatoms. The second kappa shape index (κ2) is 9.00. The van der Waals surface area contributed by atoms with Crippen molar-refractivity contribution >= 4 is 23.8 Å². The van der Waals surface area contributed by atoms with Gasteiger partial charge >= 0.3 is 12.0 Å². The van der Waals surface area contributed by atoms with Gasteiger partial charge in [0, 0.05) is 50.7 Å². The number of carbonyl (C=O) groups excluding carboxylic acids is 1. The molecule has 1 fully saturated rings. The zero-order valence-electron chi connectivity index (χ0n) is 10.8. The molecule has 1 saturated heterocycles. The minimum atomic E-state index is -1.14. The summed E-state index contributed by atoms with van der Waals surface area (Å²) in [5, 5.41) is 22.5. The molecule has 0 aromatic rings. The minimum absolute atomic E-state index is 0.00605. The number of thioether (sulfide) groups is 1. The van der Waals surface area contributed by atoms with Gasteiger partial charge in [-0.05, 0) is 0 Å². The van der Waals surface area contributed by atoms with E-state index in [-0.39, 0.29) is 13.0 Å². The van der Waals surface area contributed by atoms with E-state index in [9.17, 15) is 9.59 Å². The smallest absolute Gasteiger partial charge is 0.326 e. The Balaban J connectivity index is 2.17. The summed E-state index contributed by atoms with van der Waals surface area (Å²) in [4.78, 5) is 24.5. The Kier molecular flexibility index (Phi) is 7.61. The van der Waals surface area contributed by atoms with E-state index < -0.39 is 18.0 Å². The number of carbonyl (C=O) groups is 2. The molecule has 1 heterocycles. The second-order valence-corrected chi connectivity index (χ2v) is 5.48. The van der Waals surface area contributed by atoms with E-state index >= 15 is 0 Å². The lowest BCUT2D eigenvalue weighted by atomic mass is 10.2. The molecule has 0 radical (unpaired) electrons. The Bertz CT molecular complexity index is 298. The average molecular weight is 291 g/mol. The van der Waals surface area contributed by atoms with E-state index in [4.69, 9.17) is 10.2 Å². The lowest BCUT2D eigenvalue weighted by Gasteiger charge is -2.26. The third kappa shape index (κ3) is 6.65. The number of nitrogens with zero attached hydrogens (tertiary/aromatic N) is 1. The van der Waals surface area contributed by atoms with Crippen LogP contribution in [0.25, 0.3) is 0 Å². The Morgan fingerprint density at radius 1 is 1.32 bits per heavy atom. The first-order chi connectivity index (χ1) is 9.13. The zero-order valence-corrected chi connectivity index (χ0v) is 11.6. The topological polar surface area (TPSA) is 102 Å². The highest BCUT2D eigenvalue weighted by atomic mass is 32.2. The molecule has 1 aliphatic rings. The molecule has 1 aliphatic heterocycles. The van der Waals surface area contributed by atoms with Gasteiger partial charge in [0.25, 0.3) is 0 Å². The molecule has 19 heavy (non-hydrogen) atoms. The van der Waals surface area contributed by atoms with Crippen molar-refractivity contribution in [2.75, 3.05) is 44.3 Å². The van der Waals surface area contributed by atoms with Crippen LogP contribution in [0.2, 0.25) is 0 Å². The van der Waals surface area contributed by atoms with Gasteiger partial charge in [-0.2, -0.15) is 11.8 Å². The largest absolute Gasteiger partial charge is 0.480 e. The quantitative estimate of drug-likeness (QED) is 0.488. The number of amides is 2. The summed E-state index contributed by atoms with van der Waals surface area (Å²) in [6.07, 6.45) is 0.00605. The van der Waals surface area contributed by atoms with Gasteiger partial charge in [0.15, 0.2) is 0 Å². The van der Waals surface area contributed by atoms with Crippen molar-refractivity contribution in [3.63, 3.8) is 0 Å². The van der Waals surface area contributed by atoms with Crippen LogP contribution in [0.3, 0.4) is 0 Å². The zero-order chi connectivity index (χ0) is 14.1. The summed E-state index contributed by atoms with van der Waals surface area (Å²) < 4.78 is 0. The SMILES string of the molecule is O=C(NCCN1CCSCC1)N[C@@H](CCO)C(=O)O. The van der Waals surface area contributed by atoms with E-state index in [0.29, 0.717) is 6.54 Å². The fraction of sp³-hybridized carbons (Fsp3) is 0.818. The van der Waals surface area contributed by atoms with Crippen molar-refractivity contribution in [3.8, 4) is 0 Å². The van der Waals surface area contributed by atoms with Crippen LogP contribution in [0.4, 0.5) is 4.79 Å². The highest BCUT2D eigenvalue weighted by molar-refractivity contribution is 7.99. The molecule has 110 valence electrons. The van der Waals surface area contributed by atoms with Crippen LogP contribution in [0.5, 0.6) is 0 Å². The van der Waals surface area contributed by atoms with Crippen molar-refractivity contribution < 1.29 is 19.8 Å². The fourth-order valence-corrected chi connectivity index (χ4v) is 2.73. The number of rotatable bonds is 7. The van der Waals surface area contributed by atoms with Crippen LogP contribution < -0.4 is 10.6 Å². The molecule has 0 bridgehead atoms. The first kappa shape index (κ1) is 16.1. The summed E-state index contributed by atoms with van der Waals surface area (Å²) in [5.41, 5.74) is 0. The number of hydrogen-bond donors (Lipinski definition) is 4. The van der Waals surface area contributed by atoms with Crippen LogP contribution in [0.1, 0.15) is 6.42 Å². The molecule has 0 aromatic heterocycles. The number of hydrogen-bond acceptors (Lipinski definition) is 5. The molecule has 7 nitrogen and oxygen atoms in total. The van der Waals surface area contributed by atoms with Crippen molar-refractivity contribution in [1.82, 2.24) is 15.5 Å². The molecule has 0 unspecified atom stereocenters. The van der Waals surface area contributed by atoms with E-state index in [1.54, 1.807) is 0 Å². The molecule has 0 aromatic carbocycles. The monoisotopic (exact) mass is 291 g/mol. The first-order valence-corrected chi connectivity index (χ1v) is 7.47. The Hall–Kier alpha value is -0.990. The van der Waals surface area contributed by atoms with Gasteiger partial charge in [-0.15, -0.1) is 0 Å². The predicted octanol–water partition coefficient (Wildman–Crippen LogP) is -0.830. The lowest BCUT2D eigenvalue weighted by molar-refractivity contribution is -0.139. The van der Waals surface area contributed by atoms with Crippen LogP contribution in [0.15, 0.2) is 0 Å². The Labute approximate surface area is 116 Å². The predicted molar refractivity (Wildman–Crippen MR) is 73.4 cm³/mol. The summed E-state index contributed by atoms with van der Waals surface area (Å²) >= 11 is 1.93. The number of urea groups is 1. The van der Waals surface area contributed by atoms with Crippen molar-refractivity contribution in [2.45, 2.75) is 12.5 Å². The average Bonchev–Trinajstić information content (AvgIpc) is 2.39. The third-order valence-electron chi connectivity index (χ3n) is 2.84. The maximum absolute atomic E-state index is 11.5. The van der Waals surface area contributed by atoms with Gasteiger partial charge in [0.2, 0.25) is 0 Å². The van der Waals surface area contributed by atoms with Gasteiger partial charge < -0.3 is 20.8 Å². The molecule has 1 rings (SSSR count). The lowest BCUT2D eigenvalue weighted by Crippen LogP contribution is -2.48. The summed E-state index contributed by atoms with van der Waals surface area (Å²) in [7, 11) is 0. The third-order valence-corrected chi connectivity index (χ3v) is 3.78. The summed E-state index contributed by atoms with van der Waals surface area (Å²) in [5.74, 6) is 1.09. The molecule has 0 aliphatic carbocycles. The fourth-order valence-electron chi connectivity index (χ4n) is 1.75. The molecular weight excluding hydrogens is 270 g/mol. The molecule has 0 saturated carbocycles. The van der Waals surface area contributed by atoms with E-state index in [0.717, 1.165) is 31.1 Å². The maximum Gasteiger partial charge on any atom is 0.326 e. The van der Waals surface area contributed by atoms with Gasteiger partial charge in [-0.25, -0.2) is 9.59 Å². The number of aliphatic carboxylic acids is 1. The Morgan fingerprint density at radius 3 is 2.58 bits per heavy atom. The molecular formula is C11H21N3O4S. The van der Waals surface area contributed by atoms with Crippen molar-refractivity contribution in [2.24, 2.45) is 0 Å². The summed E-state index contributed by atoms with van der Waals surface area (Å²) in [6.45, 7) is 3.03. The van der Waals surface area contributed by atoms with Crippen LogP contribution >= 0.6 is 11.8 Å². The van der Waals surface area contributed by atoms with Crippen LogP contribution in [-0.4, -0.2) is 77.4 Å². The van der Waals surface area contributed by atoms with Gasteiger partial charge in [0.05, 0.1) is 0 Å². The highest BCUT2D eigenvalue weighted by Gasteiger charge is 2.19. The van der Waals surface area contributed by atoms with Crippen molar-refractivity contribution in [1.29, 1.82) is 0 Å². The van der Waals surface area contributed by atoms with Gasteiger partial charge in [0.1, 0.15) is 6.04 Å². The molecule has 0 spiro atoms. The Morgan fingerprint density at radius 2 is 2.00 bits per heavy atom. The maximum atomic E-state index is 11.5. The molecule has 1 atom stereocenters. The number of aliphatic hydroxyl groups is 1. The van der Waals surface area contributed by atoms with E-state index in [2.05, 4.69) is 15.5 Å². The van der Waals surface area contributed by atoms with E-state index in [1.165, 1.54) is 0 Å². The normalized spacial score (nSPS) is 17.7. The standard InChI is InChI=1S/C11H21N3O4S/c15-6-1-9(10(16)17)13-11(18)12-2-3-14-4-7-19-8-5-14/h9,15H,1-8H2,(H,16,17)(H2,12,13,18)/t9-/m0/s1. The van der Waals surface area contributed by atoms with E-state index in [1.807, 2.05) is 11.8 Å². The second-order valence-electron chi connectivity index (χ2n) is 4.26. The number of carboxylic acids is 1. The molecule has 2 amide bonds. The number of aliphatic hydroxyl groups excluding tert-OH is 1. The van der Waals surface area contributed by atoms with Crippen molar-refractivity contribution in [3.05, 3.63) is 0 Å². The minimum Gasteiger partial charge on any atom is -0.480 e. The summed E-state index contributed by atoms with van der Waals surface area (Å²) in [6, 6.07) is -1.55. The van der Waals surface area contributed by atoms with Crippen LogP contribution in [0, 0.1) is 0 Å². The number of nitrogens with one attached hydrogen (secondary N) is 2. The molecule has 4 N–H and O–H groups in total. The van der Waals surface area contributed by atoms with Crippen LogP contribution in [-0.2, 0) is 4.79 Å². The number of carboxylic acid groups (broad SMARTS) is 1. The highest BCUT2D eigenvalue weighted by Crippen LogP contribution is 2.07. The first-order valence-electron chi connectivity index (χ1n) is 6.31. The van der Waals surface area contributed by atoms with Gasteiger partial charge in [-0.1, -0.05) is 0 Å². The van der Waals surface area contributed by atoms with Gasteiger partial charge in [-0.3, -0.25) is 4.90 Å².